The molecular formula is C34H38Cl2N2O3. The molecule has 5 rings (SSSR count). The highest BCUT2D eigenvalue weighted by atomic mass is 35.5. The summed E-state index contributed by atoms with van der Waals surface area (Å²) in [6.07, 6.45) is 5.30. The van der Waals surface area contributed by atoms with Gasteiger partial charge in [0.05, 0.1) is 22.6 Å². The molecule has 2 heterocycles. The molecule has 0 aliphatic carbocycles. The molecule has 0 saturated carbocycles. The number of benzene rings is 3. The predicted octanol–water partition coefficient (Wildman–Crippen LogP) is 7.15. The lowest BCUT2D eigenvalue weighted by atomic mass is 9.70. The summed E-state index contributed by atoms with van der Waals surface area (Å²) >= 11 is 12.8. The normalized spacial score (nSPS) is 20.9. The van der Waals surface area contributed by atoms with Crippen LogP contribution in [0.4, 0.5) is 0 Å². The van der Waals surface area contributed by atoms with Gasteiger partial charge in [0.2, 0.25) is 0 Å². The lowest BCUT2D eigenvalue weighted by Gasteiger charge is -2.44. The second-order valence-electron chi connectivity index (χ2n) is 11.5. The zero-order valence-corrected chi connectivity index (χ0v) is 25.2. The molecule has 0 spiro atoms. The Bertz CT molecular complexity index is 1340. The number of ether oxygens (including phenoxy) is 1. The number of carbonyl (C=O) groups is 2. The summed E-state index contributed by atoms with van der Waals surface area (Å²) in [6, 6.07) is 25.5. The zero-order chi connectivity index (χ0) is 28.9. The van der Waals surface area contributed by atoms with Crippen LogP contribution in [-0.2, 0) is 20.4 Å². The van der Waals surface area contributed by atoms with Gasteiger partial charge in [-0.1, -0.05) is 77.8 Å². The second-order valence-corrected chi connectivity index (χ2v) is 12.3. The molecule has 0 N–H and O–H groups in total. The van der Waals surface area contributed by atoms with Crippen molar-refractivity contribution in [1.82, 2.24) is 9.80 Å². The number of hydrogen-bond acceptors (Lipinski definition) is 4. The van der Waals surface area contributed by atoms with Crippen LogP contribution in [0.2, 0.25) is 10.0 Å². The van der Waals surface area contributed by atoms with Gasteiger partial charge in [-0.15, -0.1) is 0 Å². The van der Waals surface area contributed by atoms with E-state index < -0.39 is 5.41 Å². The molecule has 0 bridgehead atoms. The zero-order valence-electron chi connectivity index (χ0n) is 23.7. The van der Waals surface area contributed by atoms with Crippen LogP contribution in [-0.4, -0.2) is 61.5 Å². The van der Waals surface area contributed by atoms with Crippen molar-refractivity contribution >= 4 is 35.1 Å². The number of rotatable bonds is 8. The molecule has 3 aromatic rings. The number of esters is 1. The van der Waals surface area contributed by atoms with Crippen molar-refractivity contribution < 1.29 is 14.3 Å². The number of likely N-dealkylation sites (tertiary alicyclic amines) is 2. The predicted molar refractivity (Wildman–Crippen MR) is 165 cm³/mol. The summed E-state index contributed by atoms with van der Waals surface area (Å²) in [5.74, 6) is -0.0712. The molecule has 216 valence electrons. The van der Waals surface area contributed by atoms with E-state index in [4.69, 9.17) is 27.9 Å². The SMILES string of the molecule is COC(=O)C1(c2ccccc2)CCN(CCCC2(c3ccc(Cl)c(Cl)c3)CCCN(C(=O)c3ccccc3)C2)CC1. The van der Waals surface area contributed by atoms with Gasteiger partial charge in [0.1, 0.15) is 0 Å². The fraction of sp³-hybridized carbons (Fsp3) is 0.412. The number of amides is 1. The van der Waals surface area contributed by atoms with Crippen molar-refractivity contribution in [2.45, 2.75) is 49.4 Å². The van der Waals surface area contributed by atoms with E-state index in [-0.39, 0.29) is 17.3 Å². The highest BCUT2D eigenvalue weighted by Gasteiger charge is 2.44. The van der Waals surface area contributed by atoms with Crippen molar-refractivity contribution in [2.75, 3.05) is 39.8 Å². The third-order valence-electron chi connectivity index (χ3n) is 9.16. The molecule has 1 unspecified atom stereocenters. The summed E-state index contributed by atoms with van der Waals surface area (Å²) in [5.41, 5.74) is 2.11. The van der Waals surface area contributed by atoms with E-state index in [1.165, 1.54) is 7.11 Å². The first-order valence-corrected chi connectivity index (χ1v) is 15.3. The Morgan fingerprint density at radius 2 is 1.51 bits per heavy atom. The van der Waals surface area contributed by atoms with Gasteiger partial charge in [-0.3, -0.25) is 9.59 Å². The van der Waals surface area contributed by atoms with Crippen LogP contribution in [0.25, 0.3) is 0 Å². The number of carbonyl (C=O) groups excluding carboxylic acids is 2. The van der Waals surface area contributed by atoms with Gasteiger partial charge in [0.15, 0.2) is 0 Å². The molecule has 2 fully saturated rings. The van der Waals surface area contributed by atoms with Gasteiger partial charge in [-0.2, -0.15) is 0 Å². The summed E-state index contributed by atoms with van der Waals surface area (Å²) in [7, 11) is 1.48. The number of halogens is 2. The van der Waals surface area contributed by atoms with E-state index in [0.29, 0.717) is 16.6 Å². The van der Waals surface area contributed by atoms with E-state index in [2.05, 4.69) is 11.0 Å². The van der Waals surface area contributed by atoms with Crippen LogP contribution in [0.15, 0.2) is 78.9 Å². The molecule has 0 aromatic heterocycles. The average molecular weight is 594 g/mol. The van der Waals surface area contributed by atoms with Gasteiger partial charge in [-0.05, 0) is 93.6 Å². The maximum Gasteiger partial charge on any atom is 0.316 e. The van der Waals surface area contributed by atoms with E-state index >= 15 is 0 Å². The lowest BCUT2D eigenvalue weighted by Crippen LogP contribution is -2.49. The second kappa shape index (κ2) is 13.0. The van der Waals surface area contributed by atoms with Gasteiger partial charge < -0.3 is 14.5 Å². The monoisotopic (exact) mass is 592 g/mol. The Morgan fingerprint density at radius 1 is 0.829 bits per heavy atom. The maximum absolute atomic E-state index is 13.5. The molecule has 0 radical (unpaired) electrons. The van der Waals surface area contributed by atoms with E-state index in [9.17, 15) is 9.59 Å². The highest BCUT2D eigenvalue weighted by Crippen LogP contribution is 2.42. The van der Waals surface area contributed by atoms with Crippen molar-refractivity contribution in [2.24, 2.45) is 0 Å². The third kappa shape index (κ3) is 6.33. The topological polar surface area (TPSA) is 49.9 Å². The van der Waals surface area contributed by atoms with Gasteiger partial charge in [-0.25, -0.2) is 0 Å². The molecule has 1 amide bonds. The fourth-order valence-corrected chi connectivity index (χ4v) is 7.14. The summed E-state index contributed by atoms with van der Waals surface area (Å²) < 4.78 is 5.27. The molecule has 2 aliphatic rings. The minimum Gasteiger partial charge on any atom is -0.468 e. The summed E-state index contributed by atoms with van der Waals surface area (Å²) in [5, 5.41) is 1.09. The highest BCUT2D eigenvalue weighted by molar-refractivity contribution is 6.42. The molecule has 2 saturated heterocycles. The molecule has 1 atom stereocenters. The fourth-order valence-electron chi connectivity index (χ4n) is 6.84. The minimum absolute atomic E-state index is 0.0748. The Kier molecular flexibility index (Phi) is 9.38. The van der Waals surface area contributed by atoms with Crippen molar-refractivity contribution in [3.05, 3.63) is 106 Å². The summed E-state index contributed by atoms with van der Waals surface area (Å²) in [4.78, 5) is 30.9. The van der Waals surface area contributed by atoms with E-state index in [1.54, 1.807) is 0 Å². The quantitative estimate of drug-likeness (QED) is 0.260. The first-order valence-electron chi connectivity index (χ1n) is 14.5. The Balaban J connectivity index is 1.29. The molecule has 41 heavy (non-hydrogen) atoms. The van der Waals surface area contributed by atoms with Crippen LogP contribution in [0.5, 0.6) is 0 Å². The van der Waals surface area contributed by atoms with Crippen LogP contribution < -0.4 is 0 Å². The van der Waals surface area contributed by atoms with Gasteiger partial charge in [0, 0.05) is 24.1 Å². The van der Waals surface area contributed by atoms with Crippen LogP contribution >= 0.6 is 23.2 Å². The Labute approximate surface area is 253 Å². The first-order chi connectivity index (χ1) is 19.9. The largest absolute Gasteiger partial charge is 0.468 e. The Morgan fingerprint density at radius 3 is 2.17 bits per heavy atom. The molecule has 5 nitrogen and oxygen atoms in total. The van der Waals surface area contributed by atoms with Crippen molar-refractivity contribution in [1.29, 1.82) is 0 Å². The average Bonchev–Trinajstić information content (AvgIpc) is 3.03. The van der Waals surface area contributed by atoms with Crippen LogP contribution in [0.3, 0.4) is 0 Å². The number of piperidine rings is 2. The van der Waals surface area contributed by atoms with Crippen LogP contribution in [0, 0.1) is 0 Å². The van der Waals surface area contributed by atoms with Crippen molar-refractivity contribution in [3.8, 4) is 0 Å². The lowest BCUT2D eigenvalue weighted by molar-refractivity contribution is -0.149. The minimum atomic E-state index is -0.588. The number of hydrogen-bond donors (Lipinski definition) is 0. The molecule has 3 aromatic carbocycles. The number of nitrogens with zero attached hydrogens (tertiary/aromatic N) is 2. The molecule has 2 aliphatic heterocycles. The smallest absolute Gasteiger partial charge is 0.316 e. The van der Waals surface area contributed by atoms with Crippen molar-refractivity contribution in [3.63, 3.8) is 0 Å². The standard InChI is InChI=1S/C34H38Cl2N2O3/c1-41-32(40)34(27-12-6-3-7-13-27)18-22-37(23-19-34)20-8-16-33(28-14-15-29(35)30(36)24-28)17-9-21-38(25-33)31(39)26-10-4-2-5-11-26/h2-7,10-15,24H,8-9,16-23,25H2,1H3. The molecule has 7 heteroatoms. The van der Waals surface area contributed by atoms with E-state index in [1.807, 2.05) is 77.7 Å². The molecular weight excluding hydrogens is 555 g/mol. The third-order valence-corrected chi connectivity index (χ3v) is 9.90. The number of methoxy groups -OCH3 is 1. The Hall–Kier alpha value is -2.86. The van der Waals surface area contributed by atoms with Gasteiger partial charge in [0.25, 0.3) is 5.91 Å². The first kappa shape index (κ1) is 29.6. The summed E-state index contributed by atoms with van der Waals surface area (Å²) in [6.45, 7) is 4.00. The maximum atomic E-state index is 13.5. The van der Waals surface area contributed by atoms with Crippen LogP contribution in [0.1, 0.15) is 60.0 Å². The van der Waals surface area contributed by atoms with E-state index in [0.717, 1.165) is 81.4 Å². The van der Waals surface area contributed by atoms with Gasteiger partial charge >= 0.3 is 5.97 Å².